The molecule has 5 heteroatoms. The third-order valence-corrected chi connectivity index (χ3v) is 4.74. The largest absolute Gasteiger partial charge is 0.494 e. The maximum absolute atomic E-state index is 6.06. The summed E-state index contributed by atoms with van der Waals surface area (Å²) in [7, 11) is -0.293. The first-order valence-corrected chi connectivity index (χ1v) is 7.67. The summed E-state index contributed by atoms with van der Waals surface area (Å²) in [5, 5.41) is 3.48. The molecule has 0 spiro atoms. The van der Waals surface area contributed by atoms with E-state index in [0.29, 0.717) is 6.04 Å². The van der Waals surface area contributed by atoms with Crippen LogP contribution in [0, 0.1) is 0 Å². The van der Waals surface area contributed by atoms with Crippen molar-refractivity contribution in [1.29, 1.82) is 0 Å². The zero-order valence-electron chi connectivity index (χ0n) is 13.3. The molecular formula is C16H24BNO3. The van der Waals surface area contributed by atoms with E-state index in [1.165, 1.54) is 0 Å². The summed E-state index contributed by atoms with van der Waals surface area (Å²) in [6.07, 6.45) is 1.07. The lowest BCUT2D eigenvalue weighted by atomic mass is 9.79. The monoisotopic (exact) mass is 289 g/mol. The number of rotatable bonds is 3. The Balaban J connectivity index is 1.67. The predicted octanol–water partition coefficient (Wildman–Crippen LogP) is 2.19. The van der Waals surface area contributed by atoms with Crippen molar-refractivity contribution < 1.29 is 14.0 Å². The Morgan fingerprint density at radius 2 is 1.67 bits per heavy atom. The Labute approximate surface area is 127 Å². The first kappa shape index (κ1) is 14.9. The second-order valence-corrected chi connectivity index (χ2v) is 6.92. The lowest BCUT2D eigenvalue weighted by molar-refractivity contribution is 0.00578. The van der Waals surface area contributed by atoms with Gasteiger partial charge in [-0.1, -0.05) is 12.1 Å². The summed E-state index contributed by atoms with van der Waals surface area (Å²) in [4.78, 5) is 0. The Bertz CT molecular complexity index is 479. The van der Waals surface area contributed by atoms with E-state index in [1.807, 2.05) is 0 Å². The zero-order chi connectivity index (χ0) is 15.1. The van der Waals surface area contributed by atoms with Crippen molar-refractivity contribution in [2.75, 3.05) is 18.5 Å². The van der Waals surface area contributed by atoms with Crippen molar-refractivity contribution in [3.63, 3.8) is 0 Å². The van der Waals surface area contributed by atoms with Crippen molar-refractivity contribution in [2.45, 2.75) is 51.4 Å². The number of hydrogen-bond donors (Lipinski definition) is 1. The molecule has 1 atom stereocenters. The first-order chi connectivity index (χ1) is 9.87. The highest BCUT2D eigenvalue weighted by atomic mass is 16.7. The van der Waals surface area contributed by atoms with Crippen LogP contribution in [0.3, 0.4) is 0 Å². The van der Waals surface area contributed by atoms with E-state index in [0.717, 1.165) is 30.8 Å². The molecule has 1 aromatic rings. The quantitative estimate of drug-likeness (QED) is 0.866. The third kappa shape index (κ3) is 2.96. The smallest absolute Gasteiger partial charge is 0.399 e. The summed E-state index contributed by atoms with van der Waals surface area (Å²) < 4.78 is 17.5. The Morgan fingerprint density at radius 1 is 1.05 bits per heavy atom. The van der Waals surface area contributed by atoms with Gasteiger partial charge in [-0.15, -0.1) is 0 Å². The average molecular weight is 289 g/mol. The molecule has 4 nitrogen and oxygen atoms in total. The first-order valence-electron chi connectivity index (χ1n) is 7.67. The van der Waals surface area contributed by atoms with Gasteiger partial charge >= 0.3 is 7.12 Å². The van der Waals surface area contributed by atoms with Gasteiger partial charge in [0.05, 0.1) is 23.9 Å². The second-order valence-electron chi connectivity index (χ2n) is 6.92. The van der Waals surface area contributed by atoms with E-state index in [-0.39, 0.29) is 18.3 Å². The molecule has 2 fully saturated rings. The Morgan fingerprint density at radius 3 is 2.19 bits per heavy atom. The maximum Gasteiger partial charge on any atom is 0.494 e. The van der Waals surface area contributed by atoms with Gasteiger partial charge in [-0.05, 0) is 51.7 Å². The molecule has 2 aliphatic heterocycles. The van der Waals surface area contributed by atoms with Crippen molar-refractivity contribution in [2.24, 2.45) is 0 Å². The number of hydrogen-bond acceptors (Lipinski definition) is 4. The van der Waals surface area contributed by atoms with Crippen LogP contribution in [-0.4, -0.2) is 37.6 Å². The lowest BCUT2D eigenvalue weighted by Gasteiger charge is -2.32. The van der Waals surface area contributed by atoms with Gasteiger partial charge in [-0.3, -0.25) is 0 Å². The van der Waals surface area contributed by atoms with Crippen molar-refractivity contribution in [1.82, 2.24) is 0 Å². The van der Waals surface area contributed by atoms with Crippen LogP contribution in [0.2, 0.25) is 0 Å². The highest BCUT2D eigenvalue weighted by Crippen LogP contribution is 2.36. The molecule has 3 rings (SSSR count). The minimum absolute atomic E-state index is 0.293. The van der Waals surface area contributed by atoms with E-state index in [4.69, 9.17) is 14.0 Å². The predicted molar refractivity (Wildman–Crippen MR) is 85.0 cm³/mol. The maximum atomic E-state index is 6.06. The van der Waals surface area contributed by atoms with Crippen molar-refractivity contribution in [3.05, 3.63) is 24.3 Å². The van der Waals surface area contributed by atoms with E-state index >= 15 is 0 Å². The normalized spacial score (nSPS) is 27.0. The molecule has 0 amide bonds. The summed E-state index contributed by atoms with van der Waals surface area (Å²) in [6.45, 7) is 9.93. The van der Waals surface area contributed by atoms with E-state index < -0.39 is 0 Å². The van der Waals surface area contributed by atoms with Gasteiger partial charge in [-0.2, -0.15) is 0 Å². The number of benzene rings is 1. The van der Waals surface area contributed by atoms with Crippen LogP contribution in [0.25, 0.3) is 0 Å². The van der Waals surface area contributed by atoms with Crippen LogP contribution >= 0.6 is 0 Å². The Kier molecular flexibility index (Phi) is 3.76. The minimum atomic E-state index is -0.296. The molecule has 21 heavy (non-hydrogen) atoms. The molecule has 2 aliphatic rings. The standard InChI is InChI=1S/C16H24BNO3/c1-15(2)16(3,4)21-17(20-15)12-5-7-13(8-6-12)18-14-9-10-19-11-14/h5-8,14,18H,9-11H2,1-4H3. The topological polar surface area (TPSA) is 39.7 Å². The molecule has 1 N–H and O–H groups in total. The fourth-order valence-corrected chi connectivity index (χ4v) is 2.60. The summed E-state index contributed by atoms with van der Waals surface area (Å²) >= 11 is 0. The van der Waals surface area contributed by atoms with Gasteiger partial charge in [0.1, 0.15) is 0 Å². The molecule has 0 aromatic heterocycles. The van der Waals surface area contributed by atoms with E-state index in [2.05, 4.69) is 57.3 Å². The minimum Gasteiger partial charge on any atom is -0.399 e. The number of anilines is 1. The summed E-state index contributed by atoms with van der Waals surface area (Å²) in [5.41, 5.74) is 1.58. The molecule has 0 bridgehead atoms. The van der Waals surface area contributed by atoms with Crippen LogP contribution in [0.15, 0.2) is 24.3 Å². The van der Waals surface area contributed by atoms with Gasteiger partial charge in [0, 0.05) is 12.3 Å². The van der Waals surface area contributed by atoms with E-state index in [1.54, 1.807) is 0 Å². The molecule has 0 saturated carbocycles. The Hall–Kier alpha value is -1.04. The molecule has 0 aliphatic carbocycles. The summed E-state index contributed by atoms with van der Waals surface area (Å²) in [6, 6.07) is 8.73. The molecule has 114 valence electrons. The van der Waals surface area contributed by atoms with Gasteiger partial charge < -0.3 is 19.4 Å². The molecule has 1 aromatic carbocycles. The van der Waals surface area contributed by atoms with Crippen molar-refractivity contribution >= 4 is 18.3 Å². The molecule has 0 radical (unpaired) electrons. The van der Waals surface area contributed by atoms with Crippen LogP contribution in [-0.2, 0) is 14.0 Å². The zero-order valence-corrected chi connectivity index (χ0v) is 13.3. The fourth-order valence-electron chi connectivity index (χ4n) is 2.60. The molecule has 2 heterocycles. The van der Waals surface area contributed by atoms with Crippen molar-refractivity contribution in [3.8, 4) is 0 Å². The SMILES string of the molecule is CC1(C)OB(c2ccc(NC3CCOC3)cc2)OC1(C)C. The average Bonchev–Trinajstić information content (AvgIpc) is 2.97. The van der Waals surface area contributed by atoms with Gasteiger partial charge in [0.2, 0.25) is 0 Å². The van der Waals surface area contributed by atoms with Crippen LogP contribution in [0.5, 0.6) is 0 Å². The summed E-state index contributed by atoms with van der Waals surface area (Å²) in [5.74, 6) is 0. The van der Waals surface area contributed by atoms with Gasteiger partial charge in [0.25, 0.3) is 0 Å². The lowest BCUT2D eigenvalue weighted by Crippen LogP contribution is -2.41. The molecule has 2 saturated heterocycles. The van der Waals surface area contributed by atoms with Crippen LogP contribution < -0.4 is 10.8 Å². The third-order valence-electron chi connectivity index (χ3n) is 4.74. The second kappa shape index (κ2) is 5.31. The van der Waals surface area contributed by atoms with Gasteiger partial charge in [0.15, 0.2) is 0 Å². The van der Waals surface area contributed by atoms with Crippen LogP contribution in [0.1, 0.15) is 34.1 Å². The highest BCUT2D eigenvalue weighted by Gasteiger charge is 2.51. The molecular weight excluding hydrogens is 265 g/mol. The fraction of sp³-hybridized carbons (Fsp3) is 0.625. The highest BCUT2D eigenvalue weighted by molar-refractivity contribution is 6.62. The van der Waals surface area contributed by atoms with E-state index in [9.17, 15) is 0 Å². The van der Waals surface area contributed by atoms with Gasteiger partial charge in [-0.25, -0.2) is 0 Å². The number of ether oxygens (including phenoxy) is 1. The van der Waals surface area contributed by atoms with Crippen LogP contribution in [0.4, 0.5) is 5.69 Å². The number of nitrogens with one attached hydrogen (secondary N) is 1. The molecule has 1 unspecified atom stereocenters.